The van der Waals surface area contributed by atoms with E-state index in [0.29, 0.717) is 0 Å². The molecule has 1 aromatic heterocycles. The number of aryl methyl sites for hydroxylation is 2. The molecule has 1 atom stereocenters. The van der Waals surface area contributed by atoms with Gasteiger partial charge in [0.1, 0.15) is 5.82 Å². The Bertz CT molecular complexity index is 568. The number of hydrogen-bond donors (Lipinski definition) is 1. The van der Waals surface area contributed by atoms with Gasteiger partial charge in [-0.15, -0.1) is 5.10 Å². The molecule has 1 aromatic carbocycles. The van der Waals surface area contributed by atoms with Gasteiger partial charge in [0, 0.05) is 0 Å². The zero-order chi connectivity index (χ0) is 14.5. The number of halogens is 1. The van der Waals surface area contributed by atoms with Gasteiger partial charge in [0.25, 0.3) is 0 Å². The number of benzene rings is 1. The van der Waals surface area contributed by atoms with Crippen molar-refractivity contribution in [3.63, 3.8) is 0 Å². The first-order chi connectivity index (χ1) is 9.67. The van der Waals surface area contributed by atoms with E-state index in [1.165, 1.54) is 17.6 Å². The fraction of sp³-hybridized carbons (Fsp3) is 0.467. The molecule has 0 saturated carbocycles. The van der Waals surface area contributed by atoms with Crippen LogP contribution in [0.1, 0.15) is 48.0 Å². The maximum Gasteiger partial charge on any atom is 0.123 e. The van der Waals surface area contributed by atoms with Crippen LogP contribution in [-0.4, -0.2) is 16.1 Å². The summed E-state index contributed by atoms with van der Waals surface area (Å²) in [5.74, 6) is -0.196. The van der Waals surface area contributed by atoms with Crippen molar-refractivity contribution >= 4 is 11.5 Å². The second-order valence-electron chi connectivity index (χ2n) is 4.83. The highest BCUT2D eigenvalue weighted by atomic mass is 32.1. The van der Waals surface area contributed by atoms with Crippen LogP contribution in [0.5, 0.6) is 0 Å². The van der Waals surface area contributed by atoms with Gasteiger partial charge in [-0.2, -0.15) is 0 Å². The molecule has 2 rings (SSSR count). The third-order valence-corrected chi connectivity index (χ3v) is 4.15. The molecular formula is C15H20FN3S. The van der Waals surface area contributed by atoms with Crippen molar-refractivity contribution in [2.24, 2.45) is 0 Å². The summed E-state index contributed by atoms with van der Waals surface area (Å²) in [5.41, 5.74) is 3.07. The molecule has 0 amide bonds. The van der Waals surface area contributed by atoms with Crippen LogP contribution in [0.15, 0.2) is 18.2 Å². The van der Waals surface area contributed by atoms with E-state index >= 15 is 0 Å². The Balaban J connectivity index is 2.41. The minimum absolute atomic E-state index is 0.0468. The van der Waals surface area contributed by atoms with Crippen molar-refractivity contribution in [2.45, 2.75) is 39.7 Å². The highest BCUT2D eigenvalue weighted by Crippen LogP contribution is 2.29. The van der Waals surface area contributed by atoms with Gasteiger partial charge in [0.05, 0.1) is 16.6 Å². The Hall–Kier alpha value is -1.33. The first kappa shape index (κ1) is 15.1. The van der Waals surface area contributed by atoms with Crippen LogP contribution in [0.25, 0.3) is 0 Å². The Kier molecular flexibility index (Phi) is 5.20. The Labute approximate surface area is 123 Å². The van der Waals surface area contributed by atoms with Crippen molar-refractivity contribution in [1.82, 2.24) is 14.9 Å². The van der Waals surface area contributed by atoms with E-state index in [1.807, 2.05) is 13.0 Å². The first-order valence-electron chi connectivity index (χ1n) is 6.97. The van der Waals surface area contributed by atoms with E-state index in [-0.39, 0.29) is 11.9 Å². The van der Waals surface area contributed by atoms with Gasteiger partial charge in [-0.25, -0.2) is 4.39 Å². The van der Waals surface area contributed by atoms with E-state index in [0.717, 1.165) is 41.1 Å². The number of nitrogens with one attached hydrogen (secondary N) is 1. The van der Waals surface area contributed by atoms with Crippen LogP contribution < -0.4 is 5.32 Å². The lowest BCUT2D eigenvalue weighted by atomic mass is 9.98. The van der Waals surface area contributed by atoms with Crippen LogP contribution in [0.4, 0.5) is 4.39 Å². The molecule has 5 heteroatoms. The van der Waals surface area contributed by atoms with Gasteiger partial charge < -0.3 is 5.32 Å². The van der Waals surface area contributed by atoms with E-state index in [4.69, 9.17) is 0 Å². The molecule has 1 unspecified atom stereocenters. The molecule has 0 aliphatic heterocycles. The molecule has 0 bridgehead atoms. The van der Waals surface area contributed by atoms with E-state index in [1.54, 1.807) is 6.07 Å². The highest BCUT2D eigenvalue weighted by molar-refractivity contribution is 7.05. The molecule has 3 nitrogen and oxygen atoms in total. The fourth-order valence-corrected chi connectivity index (χ4v) is 3.11. The molecule has 0 fully saturated rings. The number of rotatable bonds is 6. The number of aromatic nitrogens is 2. The molecule has 1 N–H and O–H groups in total. The minimum Gasteiger partial charge on any atom is -0.305 e. The summed E-state index contributed by atoms with van der Waals surface area (Å²) in [5, 5.41) is 7.72. The summed E-state index contributed by atoms with van der Waals surface area (Å²) >= 11 is 1.42. The topological polar surface area (TPSA) is 37.8 Å². The van der Waals surface area contributed by atoms with Crippen LogP contribution in [0.3, 0.4) is 0 Å². The van der Waals surface area contributed by atoms with Crippen molar-refractivity contribution in [3.05, 3.63) is 45.7 Å². The molecule has 20 heavy (non-hydrogen) atoms. The fourth-order valence-electron chi connectivity index (χ4n) is 2.28. The van der Waals surface area contributed by atoms with E-state index in [2.05, 4.69) is 28.8 Å². The van der Waals surface area contributed by atoms with E-state index < -0.39 is 0 Å². The zero-order valence-electron chi connectivity index (χ0n) is 12.1. The molecular weight excluding hydrogens is 273 g/mol. The first-order valence-corrected chi connectivity index (χ1v) is 7.75. The van der Waals surface area contributed by atoms with Gasteiger partial charge in [-0.1, -0.05) is 24.4 Å². The van der Waals surface area contributed by atoms with Gasteiger partial charge in [-0.3, -0.25) is 0 Å². The number of hydrogen-bond acceptors (Lipinski definition) is 4. The zero-order valence-corrected chi connectivity index (χ0v) is 12.9. The molecule has 1 heterocycles. The predicted octanol–water partition coefficient (Wildman–Crippen LogP) is 3.64. The van der Waals surface area contributed by atoms with Crippen molar-refractivity contribution in [3.8, 4) is 0 Å². The summed E-state index contributed by atoms with van der Waals surface area (Å²) in [6.07, 6.45) is 1.90. The van der Waals surface area contributed by atoms with Crippen molar-refractivity contribution in [1.29, 1.82) is 0 Å². The van der Waals surface area contributed by atoms with Crippen LogP contribution >= 0.6 is 11.5 Å². The molecule has 0 spiro atoms. The molecule has 0 aliphatic rings. The molecule has 2 aromatic rings. The van der Waals surface area contributed by atoms with Crippen molar-refractivity contribution < 1.29 is 4.39 Å². The van der Waals surface area contributed by atoms with Crippen LogP contribution in [0, 0.1) is 12.7 Å². The second-order valence-corrected chi connectivity index (χ2v) is 5.61. The Morgan fingerprint density at radius 2 is 2.15 bits per heavy atom. The second kappa shape index (κ2) is 6.90. The summed E-state index contributed by atoms with van der Waals surface area (Å²) in [6, 6.07) is 5.00. The highest BCUT2D eigenvalue weighted by Gasteiger charge is 2.21. The predicted molar refractivity (Wildman–Crippen MR) is 80.6 cm³/mol. The average Bonchev–Trinajstić information content (AvgIpc) is 2.89. The standard InChI is InChI=1S/C15H20FN3S/c1-4-8-17-14(15-13(5-2)18-19-20-15)12-7-6-11(16)9-10(12)3/h6-7,9,14,17H,4-5,8H2,1-3H3. The third-order valence-electron chi connectivity index (χ3n) is 3.32. The number of nitrogens with zero attached hydrogens (tertiary/aromatic N) is 2. The largest absolute Gasteiger partial charge is 0.305 e. The molecule has 0 aliphatic carbocycles. The van der Waals surface area contributed by atoms with Gasteiger partial charge in [0.2, 0.25) is 0 Å². The van der Waals surface area contributed by atoms with Gasteiger partial charge in [0.15, 0.2) is 0 Å². The average molecular weight is 293 g/mol. The lowest BCUT2D eigenvalue weighted by Gasteiger charge is -2.20. The SMILES string of the molecule is CCCNC(c1ccc(F)cc1C)c1snnc1CC. The summed E-state index contributed by atoms with van der Waals surface area (Å²) in [6.45, 7) is 7.06. The van der Waals surface area contributed by atoms with Crippen molar-refractivity contribution in [2.75, 3.05) is 6.54 Å². The smallest absolute Gasteiger partial charge is 0.123 e. The minimum atomic E-state index is -0.196. The van der Waals surface area contributed by atoms with E-state index in [9.17, 15) is 4.39 Å². The normalized spacial score (nSPS) is 12.6. The monoisotopic (exact) mass is 293 g/mol. The van der Waals surface area contributed by atoms with Crippen LogP contribution in [0.2, 0.25) is 0 Å². The Morgan fingerprint density at radius 3 is 2.80 bits per heavy atom. The quantitative estimate of drug-likeness (QED) is 0.883. The lowest BCUT2D eigenvalue weighted by molar-refractivity contribution is 0.592. The molecule has 0 saturated heterocycles. The lowest BCUT2D eigenvalue weighted by Crippen LogP contribution is -2.24. The maximum atomic E-state index is 13.3. The summed E-state index contributed by atoms with van der Waals surface area (Å²) in [4.78, 5) is 1.13. The third kappa shape index (κ3) is 3.22. The van der Waals surface area contributed by atoms with Crippen LogP contribution in [-0.2, 0) is 6.42 Å². The van der Waals surface area contributed by atoms with Gasteiger partial charge >= 0.3 is 0 Å². The summed E-state index contributed by atoms with van der Waals surface area (Å²) < 4.78 is 17.4. The van der Waals surface area contributed by atoms with Gasteiger partial charge in [-0.05, 0) is 61.1 Å². The Morgan fingerprint density at radius 1 is 1.35 bits per heavy atom. The summed E-state index contributed by atoms with van der Waals surface area (Å²) in [7, 11) is 0. The molecule has 0 radical (unpaired) electrons. The molecule has 108 valence electrons. The maximum absolute atomic E-state index is 13.3.